The van der Waals surface area contributed by atoms with Gasteiger partial charge in [-0.3, -0.25) is 4.79 Å². The predicted molar refractivity (Wildman–Crippen MR) is 85.0 cm³/mol. The second-order valence-corrected chi connectivity index (χ2v) is 6.64. The molecule has 4 nitrogen and oxygen atoms in total. The Balaban J connectivity index is 2.55. The van der Waals surface area contributed by atoms with E-state index in [1.54, 1.807) is 0 Å². The molecule has 2 aromatic rings. The lowest BCUT2D eigenvalue weighted by atomic mass is 9.92. The Morgan fingerprint density at radius 2 is 2.21 bits per heavy atom. The smallest absolute Gasteiger partial charge is 0.224 e. The predicted octanol–water partition coefficient (Wildman–Crippen LogP) is 2.89. The van der Waals surface area contributed by atoms with Crippen molar-refractivity contribution >= 4 is 51.1 Å². The van der Waals surface area contributed by atoms with Crippen LogP contribution in [0.4, 0.5) is 0 Å². The lowest BCUT2D eigenvalue weighted by molar-refractivity contribution is -0.126. The Morgan fingerprint density at radius 3 is 2.79 bits per heavy atom. The molecule has 2 rings (SSSR count). The molecule has 0 spiro atoms. The van der Waals surface area contributed by atoms with E-state index in [-0.39, 0.29) is 5.91 Å². The highest BCUT2D eigenvalue weighted by molar-refractivity contribution is 14.1. The van der Waals surface area contributed by atoms with E-state index >= 15 is 0 Å². The second kappa shape index (κ2) is 5.28. The van der Waals surface area contributed by atoms with E-state index in [1.807, 2.05) is 36.6 Å². The van der Waals surface area contributed by atoms with Crippen molar-refractivity contribution in [1.29, 1.82) is 0 Å². The lowest BCUT2D eigenvalue weighted by Gasteiger charge is -2.22. The van der Waals surface area contributed by atoms with Gasteiger partial charge in [-0.2, -0.15) is 0 Å². The third-order valence-corrected chi connectivity index (χ3v) is 4.04. The summed E-state index contributed by atoms with van der Waals surface area (Å²) < 4.78 is 3.09. The minimum atomic E-state index is -0.641. The Hall–Kier alpha value is -0.820. The molecule has 19 heavy (non-hydrogen) atoms. The first-order chi connectivity index (χ1) is 8.85. The fourth-order valence-corrected chi connectivity index (χ4v) is 2.58. The highest BCUT2D eigenvalue weighted by Crippen LogP contribution is 2.25. The number of carbonyl (C=O) groups excluding carboxylic acids is 1. The van der Waals surface area contributed by atoms with Crippen molar-refractivity contribution < 1.29 is 4.79 Å². The molecule has 0 aliphatic rings. The first kappa shape index (κ1) is 14.6. The zero-order valence-electron chi connectivity index (χ0n) is 10.8. The maximum Gasteiger partial charge on any atom is 0.224 e. The van der Waals surface area contributed by atoms with Crippen molar-refractivity contribution in [2.24, 2.45) is 11.1 Å². The number of amides is 1. The third-order valence-electron chi connectivity index (χ3n) is 3.13. The van der Waals surface area contributed by atoms with Gasteiger partial charge in [-0.15, -0.1) is 11.6 Å². The molecule has 0 saturated heterocycles. The summed E-state index contributed by atoms with van der Waals surface area (Å²) in [4.78, 5) is 16.0. The van der Waals surface area contributed by atoms with Crippen LogP contribution in [0.5, 0.6) is 0 Å². The summed E-state index contributed by atoms with van der Waals surface area (Å²) >= 11 is 8.19. The average Bonchev–Trinajstić information content (AvgIpc) is 2.65. The number of hydrogen-bond donors (Lipinski definition) is 1. The van der Waals surface area contributed by atoms with Crippen LogP contribution in [0.1, 0.15) is 19.7 Å². The molecular formula is C13H15ClIN3O. The molecule has 102 valence electrons. The monoisotopic (exact) mass is 391 g/mol. The number of nitrogens with zero attached hydrogens (tertiary/aromatic N) is 2. The van der Waals surface area contributed by atoms with Crippen molar-refractivity contribution in [3.05, 3.63) is 27.6 Å². The van der Waals surface area contributed by atoms with Crippen molar-refractivity contribution in [1.82, 2.24) is 9.55 Å². The molecule has 1 amide bonds. The topological polar surface area (TPSA) is 60.9 Å². The van der Waals surface area contributed by atoms with Gasteiger partial charge in [0.2, 0.25) is 5.91 Å². The first-order valence-electron chi connectivity index (χ1n) is 5.85. The van der Waals surface area contributed by atoms with E-state index in [4.69, 9.17) is 17.3 Å². The molecular weight excluding hydrogens is 377 g/mol. The van der Waals surface area contributed by atoms with E-state index in [9.17, 15) is 4.79 Å². The Morgan fingerprint density at radius 1 is 1.53 bits per heavy atom. The minimum Gasteiger partial charge on any atom is -0.369 e. The van der Waals surface area contributed by atoms with Crippen molar-refractivity contribution in [3.8, 4) is 0 Å². The van der Waals surface area contributed by atoms with Gasteiger partial charge < -0.3 is 10.3 Å². The van der Waals surface area contributed by atoms with Crippen LogP contribution in [0, 0.1) is 8.99 Å². The molecule has 0 radical (unpaired) electrons. The summed E-state index contributed by atoms with van der Waals surface area (Å²) in [6.45, 7) is 4.12. The molecule has 6 heteroatoms. The number of alkyl halides is 1. The van der Waals surface area contributed by atoms with Gasteiger partial charge in [-0.1, -0.05) is 0 Å². The molecule has 0 atom stereocenters. The summed E-state index contributed by atoms with van der Waals surface area (Å²) in [5.74, 6) is 0.730. The Bertz CT molecular complexity index is 636. The molecule has 1 aromatic carbocycles. The van der Waals surface area contributed by atoms with Crippen molar-refractivity contribution in [2.75, 3.05) is 0 Å². The van der Waals surface area contributed by atoms with E-state index in [0.29, 0.717) is 12.4 Å². The summed E-state index contributed by atoms with van der Waals surface area (Å²) in [5, 5.41) is 0. The summed E-state index contributed by atoms with van der Waals surface area (Å²) in [5.41, 5.74) is 6.67. The largest absolute Gasteiger partial charge is 0.369 e. The fraction of sp³-hybridized carbons (Fsp3) is 0.385. The molecule has 0 aliphatic carbocycles. The molecule has 0 fully saturated rings. The third kappa shape index (κ3) is 2.86. The quantitative estimate of drug-likeness (QED) is 0.643. The Labute approximate surface area is 130 Å². The highest BCUT2D eigenvalue weighted by Gasteiger charge is 2.27. The van der Waals surface area contributed by atoms with Gasteiger partial charge in [0.25, 0.3) is 0 Å². The lowest BCUT2D eigenvalue weighted by Crippen LogP contribution is -2.35. The summed E-state index contributed by atoms with van der Waals surface area (Å²) in [6.07, 6.45) is 0. The number of rotatable bonds is 4. The molecule has 2 N–H and O–H groups in total. The first-order valence-corrected chi connectivity index (χ1v) is 7.47. The van der Waals surface area contributed by atoms with Crippen LogP contribution < -0.4 is 5.73 Å². The van der Waals surface area contributed by atoms with Gasteiger partial charge in [-0.25, -0.2) is 4.98 Å². The van der Waals surface area contributed by atoms with Crippen LogP contribution in [0.15, 0.2) is 18.2 Å². The molecule has 0 unspecified atom stereocenters. The normalized spacial score (nSPS) is 12.0. The van der Waals surface area contributed by atoms with Crippen LogP contribution in [0.2, 0.25) is 0 Å². The summed E-state index contributed by atoms with van der Waals surface area (Å²) in [6, 6.07) is 6.01. The standard InChI is InChI=1S/C13H15ClIN3O/c1-13(2,12(16)19)7-18-10-4-3-8(15)5-9(10)17-11(18)6-14/h3-5H,6-7H2,1-2H3,(H2,16,19). The second-order valence-electron chi connectivity index (χ2n) is 5.13. The zero-order chi connectivity index (χ0) is 14.2. The molecule has 0 aliphatic heterocycles. The van der Waals surface area contributed by atoms with Crippen LogP contribution in [-0.4, -0.2) is 15.5 Å². The summed E-state index contributed by atoms with van der Waals surface area (Å²) in [7, 11) is 0. The maximum atomic E-state index is 11.5. The van der Waals surface area contributed by atoms with Crippen molar-refractivity contribution in [3.63, 3.8) is 0 Å². The van der Waals surface area contributed by atoms with Gasteiger partial charge in [0.05, 0.1) is 22.3 Å². The Kier molecular flexibility index (Phi) is 4.06. The molecule has 1 aromatic heterocycles. The van der Waals surface area contributed by atoms with Gasteiger partial charge in [0, 0.05) is 10.1 Å². The van der Waals surface area contributed by atoms with E-state index in [0.717, 1.165) is 20.4 Å². The number of aromatic nitrogens is 2. The van der Waals surface area contributed by atoms with Gasteiger partial charge in [0.15, 0.2) is 0 Å². The number of fused-ring (bicyclic) bond motifs is 1. The van der Waals surface area contributed by atoms with E-state index < -0.39 is 5.41 Å². The van der Waals surface area contributed by atoms with E-state index in [1.165, 1.54) is 0 Å². The van der Waals surface area contributed by atoms with Crippen LogP contribution in [-0.2, 0) is 17.2 Å². The minimum absolute atomic E-state index is 0.306. The van der Waals surface area contributed by atoms with Crippen LogP contribution in [0.3, 0.4) is 0 Å². The van der Waals surface area contributed by atoms with E-state index in [2.05, 4.69) is 27.6 Å². The number of benzene rings is 1. The average molecular weight is 392 g/mol. The number of carbonyl (C=O) groups is 1. The number of halogens is 2. The van der Waals surface area contributed by atoms with Crippen LogP contribution in [0.25, 0.3) is 11.0 Å². The SMILES string of the molecule is CC(C)(Cn1c(CCl)nc2cc(I)ccc21)C(N)=O. The van der Waals surface area contributed by atoms with Crippen LogP contribution >= 0.6 is 34.2 Å². The molecule has 0 bridgehead atoms. The maximum absolute atomic E-state index is 11.5. The number of primary amides is 1. The number of imidazole rings is 1. The molecule has 0 saturated carbocycles. The number of hydrogen-bond acceptors (Lipinski definition) is 2. The van der Waals surface area contributed by atoms with Gasteiger partial charge in [0.1, 0.15) is 5.82 Å². The fourth-order valence-electron chi connectivity index (χ4n) is 1.90. The highest BCUT2D eigenvalue weighted by atomic mass is 127. The number of nitrogens with two attached hydrogens (primary N) is 1. The zero-order valence-corrected chi connectivity index (χ0v) is 13.7. The molecule has 1 heterocycles. The van der Waals surface area contributed by atoms with Crippen molar-refractivity contribution in [2.45, 2.75) is 26.3 Å². The van der Waals surface area contributed by atoms with Gasteiger partial charge >= 0.3 is 0 Å². The van der Waals surface area contributed by atoms with Gasteiger partial charge in [-0.05, 0) is 54.6 Å².